The van der Waals surface area contributed by atoms with Gasteiger partial charge in [0.05, 0.1) is 24.8 Å². The maximum absolute atomic E-state index is 13.7. The predicted octanol–water partition coefficient (Wildman–Crippen LogP) is 5.08. The zero-order valence-corrected chi connectivity index (χ0v) is 25.0. The van der Waals surface area contributed by atoms with Crippen molar-refractivity contribution < 1.29 is 19.1 Å². The van der Waals surface area contributed by atoms with E-state index in [1.807, 2.05) is 67.6 Å². The van der Waals surface area contributed by atoms with Crippen molar-refractivity contribution in [1.82, 2.24) is 25.7 Å². The summed E-state index contributed by atoms with van der Waals surface area (Å²) in [5, 5.41) is 13.7. The van der Waals surface area contributed by atoms with Gasteiger partial charge in [0.15, 0.2) is 5.69 Å². The lowest BCUT2D eigenvalue weighted by Gasteiger charge is -2.32. The molecule has 2 aliphatic rings. The Morgan fingerprint density at radius 2 is 1.53 bits per heavy atom. The summed E-state index contributed by atoms with van der Waals surface area (Å²) in [7, 11) is 0. The molecule has 3 atom stereocenters. The Morgan fingerprint density at radius 3 is 2.28 bits per heavy atom. The van der Waals surface area contributed by atoms with Crippen LogP contribution in [0.2, 0.25) is 0 Å². The number of hydrogen-bond donors (Lipinski definition) is 3. The van der Waals surface area contributed by atoms with Crippen LogP contribution >= 0.6 is 0 Å². The average molecular weight is 586 g/mol. The standard InChI is InChI=1S/C34H43N5O4/c1-24(26-15-7-3-8-16-26)35-33(41)29-21-30(39(38-29)22-32(40)36-27-17-9-4-10-18-27)34(42)37-28-19-11-12-20-31(28)43-23-25-13-5-2-6-14-25/h2-3,5-8,13-16,21,24,27-28,31H,4,9-12,17-20,22-23H2,1H3,(H,35,41)(H,36,40)(H,37,42)/t24?,28-,31-/m0/s1. The van der Waals surface area contributed by atoms with Crippen LogP contribution in [0, 0.1) is 0 Å². The number of hydrogen-bond acceptors (Lipinski definition) is 5. The smallest absolute Gasteiger partial charge is 0.272 e. The molecule has 2 aromatic carbocycles. The first-order chi connectivity index (χ1) is 21.0. The fraction of sp³-hybridized carbons (Fsp3) is 0.471. The third-order valence-electron chi connectivity index (χ3n) is 8.48. The summed E-state index contributed by atoms with van der Waals surface area (Å²) in [6.07, 6.45) is 8.84. The van der Waals surface area contributed by atoms with Crippen molar-refractivity contribution in [2.75, 3.05) is 0 Å². The van der Waals surface area contributed by atoms with Gasteiger partial charge in [-0.25, -0.2) is 4.68 Å². The molecule has 9 heteroatoms. The lowest BCUT2D eigenvalue weighted by molar-refractivity contribution is -0.122. The van der Waals surface area contributed by atoms with E-state index in [-0.39, 0.29) is 54.0 Å². The number of amides is 3. The second-order valence-corrected chi connectivity index (χ2v) is 11.8. The number of carbonyl (C=O) groups is 3. The molecule has 3 amide bonds. The van der Waals surface area contributed by atoms with Gasteiger partial charge in [-0.2, -0.15) is 5.10 Å². The van der Waals surface area contributed by atoms with Gasteiger partial charge in [-0.1, -0.05) is 92.8 Å². The van der Waals surface area contributed by atoms with Gasteiger partial charge < -0.3 is 20.7 Å². The molecule has 5 rings (SSSR count). The largest absolute Gasteiger partial charge is 0.371 e. The molecular formula is C34H43N5O4. The van der Waals surface area contributed by atoms with Crippen molar-refractivity contribution in [2.24, 2.45) is 0 Å². The van der Waals surface area contributed by atoms with Gasteiger partial charge in [-0.15, -0.1) is 0 Å². The number of rotatable bonds is 11. The molecule has 0 spiro atoms. The van der Waals surface area contributed by atoms with Crippen LogP contribution in [0.4, 0.5) is 0 Å². The van der Waals surface area contributed by atoms with Crippen LogP contribution in [0.25, 0.3) is 0 Å². The predicted molar refractivity (Wildman–Crippen MR) is 164 cm³/mol. The first kappa shape index (κ1) is 30.5. The van der Waals surface area contributed by atoms with Crippen LogP contribution in [0.5, 0.6) is 0 Å². The van der Waals surface area contributed by atoms with Crippen LogP contribution in [0.15, 0.2) is 66.7 Å². The molecule has 1 heterocycles. The summed E-state index contributed by atoms with van der Waals surface area (Å²) in [6.45, 7) is 2.23. The zero-order chi connectivity index (χ0) is 30.0. The van der Waals surface area contributed by atoms with Gasteiger partial charge in [-0.3, -0.25) is 14.4 Å². The number of nitrogens with zero attached hydrogens (tertiary/aromatic N) is 2. The SMILES string of the molecule is CC(NC(=O)c1cc(C(=O)N[C@H]2CCCC[C@@H]2OCc2ccccc2)n(CC(=O)NC2CCCCC2)n1)c1ccccc1. The normalized spacial score (nSPS) is 19.7. The van der Waals surface area contributed by atoms with Crippen LogP contribution in [-0.4, -0.2) is 45.7 Å². The molecule has 0 saturated heterocycles. The van der Waals surface area contributed by atoms with E-state index in [1.165, 1.54) is 17.2 Å². The Bertz CT molecular complexity index is 1350. The van der Waals surface area contributed by atoms with E-state index in [2.05, 4.69) is 21.0 Å². The highest BCUT2D eigenvalue weighted by Crippen LogP contribution is 2.23. The Hall–Kier alpha value is -3.98. The van der Waals surface area contributed by atoms with E-state index in [4.69, 9.17) is 4.74 Å². The highest BCUT2D eigenvalue weighted by molar-refractivity contribution is 5.98. The molecule has 2 saturated carbocycles. The van der Waals surface area contributed by atoms with Gasteiger partial charge in [0.25, 0.3) is 11.8 Å². The summed E-state index contributed by atoms with van der Waals surface area (Å²) >= 11 is 0. The van der Waals surface area contributed by atoms with Gasteiger partial charge in [0.2, 0.25) is 5.91 Å². The molecule has 3 N–H and O–H groups in total. The Kier molecular flexibility index (Phi) is 10.6. The van der Waals surface area contributed by atoms with E-state index in [1.54, 1.807) is 0 Å². The second kappa shape index (κ2) is 15.0. The van der Waals surface area contributed by atoms with Crippen LogP contribution < -0.4 is 16.0 Å². The quantitative estimate of drug-likeness (QED) is 0.290. The van der Waals surface area contributed by atoms with E-state index < -0.39 is 5.91 Å². The van der Waals surface area contributed by atoms with Gasteiger partial charge in [-0.05, 0) is 43.7 Å². The zero-order valence-electron chi connectivity index (χ0n) is 25.0. The first-order valence-corrected chi connectivity index (χ1v) is 15.7. The Morgan fingerprint density at radius 1 is 0.860 bits per heavy atom. The number of aromatic nitrogens is 2. The molecule has 3 aromatic rings. The van der Waals surface area contributed by atoms with Gasteiger partial charge in [0, 0.05) is 12.1 Å². The summed E-state index contributed by atoms with van der Waals surface area (Å²) in [5.41, 5.74) is 2.32. The maximum Gasteiger partial charge on any atom is 0.272 e. The Labute approximate surface area is 253 Å². The molecule has 228 valence electrons. The molecule has 0 aliphatic heterocycles. The fourth-order valence-electron chi connectivity index (χ4n) is 6.06. The highest BCUT2D eigenvalue weighted by atomic mass is 16.5. The number of ether oxygens (including phenoxy) is 1. The molecular weight excluding hydrogens is 542 g/mol. The second-order valence-electron chi connectivity index (χ2n) is 11.8. The third kappa shape index (κ3) is 8.54. The van der Waals surface area contributed by atoms with Crippen molar-refractivity contribution in [3.05, 3.63) is 89.2 Å². The summed E-state index contributed by atoms with van der Waals surface area (Å²) in [5.74, 6) is -0.984. The molecule has 0 bridgehead atoms. The van der Waals surface area contributed by atoms with E-state index in [0.717, 1.165) is 62.5 Å². The van der Waals surface area contributed by atoms with E-state index in [9.17, 15) is 14.4 Å². The highest BCUT2D eigenvalue weighted by Gasteiger charge is 2.30. The minimum atomic E-state index is -0.404. The van der Waals surface area contributed by atoms with Crippen LogP contribution in [-0.2, 0) is 22.7 Å². The van der Waals surface area contributed by atoms with Crippen molar-refractivity contribution in [3.8, 4) is 0 Å². The van der Waals surface area contributed by atoms with Crippen molar-refractivity contribution in [1.29, 1.82) is 0 Å². The fourth-order valence-corrected chi connectivity index (χ4v) is 6.06. The minimum absolute atomic E-state index is 0.0962. The number of nitrogens with one attached hydrogen (secondary N) is 3. The van der Waals surface area contributed by atoms with E-state index in [0.29, 0.717) is 6.61 Å². The summed E-state index contributed by atoms with van der Waals surface area (Å²) in [6, 6.07) is 20.8. The topological polar surface area (TPSA) is 114 Å². The lowest BCUT2D eigenvalue weighted by Crippen LogP contribution is -2.47. The molecule has 2 fully saturated rings. The number of benzene rings is 2. The average Bonchev–Trinajstić information content (AvgIpc) is 3.46. The maximum atomic E-state index is 13.7. The molecule has 1 aromatic heterocycles. The van der Waals surface area contributed by atoms with Gasteiger partial charge >= 0.3 is 0 Å². The first-order valence-electron chi connectivity index (χ1n) is 15.7. The minimum Gasteiger partial charge on any atom is -0.371 e. The molecule has 43 heavy (non-hydrogen) atoms. The lowest BCUT2D eigenvalue weighted by atomic mass is 9.92. The molecule has 0 radical (unpaired) electrons. The van der Waals surface area contributed by atoms with E-state index >= 15 is 0 Å². The van der Waals surface area contributed by atoms with Crippen LogP contribution in [0.3, 0.4) is 0 Å². The third-order valence-corrected chi connectivity index (χ3v) is 8.48. The summed E-state index contributed by atoms with van der Waals surface area (Å²) in [4.78, 5) is 40.0. The Balaban J connectivity index is 1.30. The monoisotopic (exact) mass is 585 g/mol. The number of carbonyl (C=O) groups excluding carboxylic acids is 3. The van der Waals surface area contributed by atoms with Crippen molar-refractivity contribution >= 4 is 17.7 Å². The van der Waals surface area contributed by atoms with Crippen molar-refractivity contribution in [2.45, 2.75) is 102 Å². The summed E-state index contributed by atoms with van der Waals surface area (Å²) < 4.78 is 7.62. The molecule has 1 unspecified atom stereocenters. The van der Waals surface area contributed by atoms with Gasteiger partial charge in [0.1, 0.15) is 12.2 Å². The van der Waals surface area contributed by atoms with Crippen LogP contribution in [0.1, 0.15) is 103 Å². The molecule has 2 aliphatic carbocycles. The van der Waals surface area contributed by atoms with Crippen molar-refractivity contribution in [3.63, 3.8) is 0 Å². The molecule has 9 nitrogen and oxygen atoms in total.